The van der Waals surface area contributed by atoms with Crippen LogP contribution in [0, 0.1) is 0 Å². The Morgan fingerprint density at radius 1 is 1.14 bits per heavy atom. The first-order valence-electron chi connectivity index (χ1n) is 7.53. The lowest BCUT2D eigenvalue weighted by Gasteiger charge is -2.22. The molecular weight excluding hydrogens is 254 g/mol. The molecule has 0 aromatic heterocycles. The Balaban J connectivity index is 1.92. The zero-order valence-electron chi connectivity index (χ0n) is 12.6. The number of anilines is 1. The Bertz CT molecular complexity index is 684. The third-order valence-corrected chi connectivity index (χ3v) is 4.12. The van der Waals surface area contributed by atoms with Crippen LogP contribution in [0.4, 0.5) is 5.69 Å². The van der Waals surface area contributed by atoms with Gasteiger partial charge >= 0.3 is 0 Å². The van der Waals surface area contributed by atoms with E-state index >= 15 is 0 Å². The second kappa shape index (κ2) is 6.01. The van der Waals surface area contributed by atoms with Gasteiger partial charge in [0.2, 0.25) is 0 Å². The van der Waals surface area contributed by atoms with Crippen molar-refractivity contribution in [3.63, 3.8) is 0 Å². The minimum absolute atomic E-state index is 0.247. The smallest absolute Gasteiger partial charge is 0.0698 e. The van der Waals surface area contributed by atoms with Crippen LogP contribution in [-0.2, 0) is 0 Å². The molecule has 0 radical (unpaired) electrons. The fourth-order valence-electron chi connectivity index (χ4n) is 2.94. The fraction of sp³-hybridized carbons (Fsp3) is 0.200. The molecule has 21 heavy (non-hydrogen) atoms. The molecule has 1 aromatic rings. The number of benzene rings is 1. The SMILES string of the molecule is CC=C1C=CC=CC1Nc1ccccc1C1=C(C)C=CC1. The first-order chi connectivity index (χ1) is 10.3. The van der Waals surface area contributed by atoms with Gasteiger partial charge in [-0.05, 0) is 43.1 Å². The summed E-state index contributed by atoms with van der Waals surface area (Å²) in [6, 6.07) is 8.85. The largest absolute Gasteiger partial charge is 0.374 e. The average Bonchev–Trinajstić information content (AvgIpc) is 2.94. The maximum Gasteiger partial charge on any atom is 0.0698 e. The molecule has 1 nitrogen and oxygen atoms in total. The van der Waals surface area contributed by atoms with Gasteiger partial charge in [0.1, 0.15) is 0 Å². The molecule has 0 saturated heterocycles. The van der Waals surface area contributed by atoms with E-state index in [0.29, 0.717) is 0 Å². The van der Waals surface area contributed by atoms with Gasteiger partial charge in [0, 0.05) is 11.3 Å². The normalized spacial score (nSPS) is 22.4. The maximum absolute atomic E-state index is 3.68. The lowest BCUT2D eigenvalue weighted by Crippen LogP contribution is -2.20. The Morgan fingerprint density at radius 2 is 2.00 bits per heavy atom. The van der Waals surface area contributed by atoms with Gasteiger partial charge in [-0.3, -0.25) is 0 Å². The van der Waals surface area contributed by atoms with Crippen molar-refractivity contribution in [3.05, 3.63) is 83.5 Å². The van der Waals surface area contributed by atoms with E-state index in [-0.39, 0.29) is 6.04 Å². The highest BCUT2D eigenvalue weighted by molar-refractivity contribution is 5.82. The first-order valence-corrected chi connectivity index (χ1v) is 7.53. The van der Waals surface area contributed by atoms with Crippen LogP contribution in [0.5, 0.6) is 0 Å². The molecule has 0 fully saturated rings. The van der Waals surface area contributed by atoms with Crippen molar-refractivity contribution in [1.29, 1.82) is 0 Å². The van der Waals surface area contributed by atoms with Gasteiger partial charge in [-0.2, -0.15) is 0 Å². The van der Waals surface area contributed by atoms with Crippen LogP contribution in [0.1, 0.15) is 25.8 Å². The van der Waals surface area contributed by atoms with Crippen LogP contribution in [0.25, 0.3) is 5.57 Å². The number of hydrogen-bond acceptors (Lipinski definition) is 1. The van der Waals surface area contributed by atoms with Crippen molar-refractivity contribution in [2.24, 2.45) is 0 Å². The van der Waals surface area contributed by atoms with Crippen LogP contribution < -0.4 is 5.32 Å². The van der Waals surface area contributed by atoms with Crippen molar-refractivity contribution in [2.75, 3.05) is 5.32 Å². The summed E-state index contributed by atoms with van der Waals surface area (Å²) in [5.41, 5.74) is 6.63. The second-order valence-electron chi connectivity index (χ2n) is 5.47. The van der Waals surface area contributed by atoms with Gasteiger partial charge in [0.15, 0.2) is 0 Å². The van der Waals surface area contributed by atoms with Gasteiger partial charge in [-0.25, -0.2) is 0 Å². The van der Waals surface area contributed by atoms with E-state index in [0.717, 1.165) is 6.42 Å². The number of nitrogens with one attached hydrogen (secondary N) is 1. The van der Waals surface area contributed by atoms with Gasteiger partial charge in [0.25, 0.3) is 0 Å². The van der Waals surface area contributed by atoms with Crippen LogP contribution in [0.2, 0.25) is 0 Å². The average molecular weight is 275 g/mol. The van der Waals surface area contributed by atoms with Crippen molar-refractivity contribution < 1.29 is 0 Å². The summed E-state index contributed by atoms with van der Waals surface area (Å²) in [4.78, 5) is 0. The minimum Gasteiger partial charge on any atom is -0.374 e. The molecule has 0 aliphatic heterocycles. The summed E-state index contributed by atoms with van der Waals surface area (Å²) in [5.74, 6) is 0. The molecule has 1 N–H and O–H groups in total. The van der Waals surface area contributed by atoms with Gasteiger partial charge < -0.3 is 5.32 Å². The molecule has 0 heterocycles. The molecule has 1 atom stereocenters. The summed E-state index contributed by atoms with van der Waals surface area (Å²) in [6.07, 6.45) is 16.2. The molecule has 1 unspecified atom stereocenters. The van der Waals surface area contributed by atoms with E-state index in [4.69, 9.17) is 0 Å². The van der Waals surface area contributed by atoms with Crippen molar-refractivity contribution >= 4 is 11.3 Å². The minimum atomic E-state index is 0.247. The fourth-order valence-corrected chi connectivity index (χ4v) is 2.94. The zero-order valence-corrected chi connectivity index (χ0v) is 12.6. The molecule has 2 aliphatic carbocycles. The summed E-state index contributed by atoms with van der Waals surface area (Å²) >= 11 is 0. The molecule has 0 bridgehead atoms. The molecule has 0 spiro atoms. The van der Waals surface area contributed by atoms with E-state index in [1.54, 1.807) is 0 Å². The van der Waals surface area contributed by atoms with E-state index in [9.17, 15) is 0 Å². The van der Waals surface area contributed by atoms with E-state index in [2.05, 4.69) is 86.0 Å². The molecule has 3 rings (SSSR count). The lowest BCUT2D eigenvalue weighted by atomic mass is 9.97. The summed E-state index contributed by atoms with van der Waals surface area (Å²) in [7, 11) is 0. The molecule has 2 aliphatic rings. The number of hydrogen-bond donors (Lipinski definition) is 1. The van der Waals surface area contributed by atoms with Crippen molar-refractivity contribution in [1.82, 2.24) is 0 Å². The maximum atomic E-state index is 3.68. The van der Waals surface area contributed by atoms with Gasteiger partial charge in [-0.15, -0.1) is 0 Å². The van der Waals surface area contributed by atoms with Crippen LogP contribution in [0.3, 0.4) is 0 Å². The molecule has 0 amide bonds. The Kier molecular flexibility index (Phi) is 3.92. The topological polar surface area (TPSA) is 12.0 Å². The van der Waals surface area contributed by atoms with E-state index in [1.165, 1.54) is 28.0 Å². The van der Waals surface area contributed by atoms with Crippen LogP contribution in [-0.4, -0.2) is 6.04 Å². The third-order valence-electron chi connectivity index (χ3n) is 4.12. The Labute approximate surface area is 127 Å². The quantitative estimate of drug-likeness (QED) is 0.792. The standard InChI is InChI=1S/C20H21N/c1-3-16-10-4-6-13-19(16)21-20-14-7-5-11-18(20)17-12-8-9-15(17)2/h3-11,13-14,19,21H,12H2,1-2H3. The second-order valence-corrected chi connectivity index (χ2v) is 5.47. The molecular formula is C20H21N. The summed E-state index contributed by atoms with van der Waals surface area (Å²) < 4.78 is 0. The number of allylic oxidation sites excluding steroid dienone is 7. The molecule has 0 saturated carbocycles. The highest BCUT2D eigenvalue weighted by Gasteiger charge is 2.15. The monoisotopic (exact) mass is 275 g/mol. The summed E-state index contributed by atoms with van der Waals surface area (Å²) in [5, 5.41) is 3.68. The first kappa shape index (κ1) is 13.7. The van der Waals surface area contributed by atoms with Crippen LogP contribution in [0.15, 0.2) is 77.9 Å². The summed E-state index contributed by atoms with van der Waals surface area (Å²) in [6.45, 7) is 4.28. The molecule has 1 aromatic carbocycles. The zero-order chi connectivity index (χ0) is 14.7. The van der Waals surface area contributed by atoms with Crippen LogP contribution >= 0.6 is 0 Å². The number of para-hydroxylation sites is 1. The van der Waals surface area contributed by atoms with E-state index in [1.807, 2.05) is 0 Å². The van der Waals surface area contributed by atoms with Gasteiger partial charge in [-0.1, -0.05) is 60.7 Å². The predicted octanol–water partition coefficient (Wildman–Crippen LogP) is 5.27. The molecule has 106 valence electrons. The Morgan fingerprint density at radius 3 is 2.76 bits per heavy atom. The predicted molar refractivity (Wildman–Crippen MR) is 92.2 cm³/mol. The molecule has 1 heteroatoms. The van der Waals surface area contributed by atoms with Crippen molar-refractivity contribution in [2.45, 2.75) is 26.3 Å². The van der Waals surface area contributed by atoms with Gasteiger partial charge in [0.05, 0.1) is 6.04 Å². The van der Waals surface area contributed by atoms with E-state index < -0.39 is 0 Å². The Hall–Kier alpha value is -2.28. The highest BCUT2D eigenvalue weighted by atomic mass is 14.9. The third kappa shape index (κ3) is 2.78. The number of rotatable bonds is 3. The van der Waals surface area contributed by atoms with Crippen molar-refractivity contribution in [3.8, 4) is 0 Å². The highest BCUT2D eigenvalue weighted by Crippen LogP contribution is 2.34. The lowest BCUT2D eigenvalue weighted by molar-refractivity contribution is 1.04.